The predicted molar refractivity (Wildman–Crippen MR) is 107 cm³/mol. The van der Waals surface area contributed by atoms with Gasteiger partial charge in [0.05, 0.1) is 22.6 Å². The number of thiazole rings is 1. The highest BCUT2D eigenvalue weighted by Crippen LogP contribution is 2.37. The SMILES string of the molecule is Cc1ccc(N2CCC(c3nc4c(s3)CCC(C3CCC3)NC4)C2)cn1. The van der Waals surface area contributed by atoms with Crippen molar-refractivity contribution in [3.8, 4) is 0 Å². The number of nitrogens with one attached hydrogen (secondary N) is 1. The quantitative estimate of drug-likeness (QED) is 0.887. The zero-order valence-corrected chi connectivity index (χ0v) is 16.4. The second kappa shape index (κ2) is 6.93. The van der Waals surface area contributed by atoms with Gasteiger partial charge in [-0.25, -0.2) is 4.98 Å². The minimum atomic E-state index is 0.579. The summed E-state index contributed by atoms with van der Waals surface area (Å²) >= 11 is 1.99. The van der Waals surface area contributed by atoms with Gasteiger partial charge < -0.3 is 10.2 Å². The standard InChI is InChI=1S/C21H28N4S/c1-14-5-6-17(11-22-14)25-10-9-16(13-25)21-24-19-12-23-18(15-3-2-4-15)7-8-20(19)26-21/h5-6,11,15-16,18,23H,2-4,7-10,12-13H2,1H3. The summed E-state index contributed by atoms with van der Waals surface area (Å²) < 4.78 is 0. The third-order valence-corrected chi connectivity index (χ3v) is 7.85. The van der Waals surface area contributed by atoms with E-state index >= 15 is 0 Å². The van der Waals surface area contributed by atoms with E-state index in [4.69, 9.17) is 4.98 Å². The van der Waals surface area contributed by atoms with E-state index in [0.717, 1.165) is 37.3 Å². The molecule has 2 aliphatic heterocycles. The van der Waals surface area contributed by atoms with Crippen molar-refractivity contribution in [1.82, 2.24) is 15.3 Å². The zero-order valence-electron chi connectivity index (χ0n) is 15.6. The Bertz CT molecular complexity index is 739. The fourth-order valence-corrected chi connectivity index (χ4v) is 5.84. The van der Waals surface area contributed by atoms with E-state index in [0.29, 0.717) is 5.92 Å². The normalized spacial score (nSPS) is 26.4. The molecule has 0 bridgehead atoms. The first-order chi connectivity index (χ1) is 12.8. The van der Waals surface area contributed by atoms with Crippen LogP contribution in [0.2, 0.25) is 0 Å². The number of aromatic nitrogens is 2. The number of pyridine rings is 1. The fourth-order valence-electron chi connectivity index (χ4n) is 4.62. The third-order valence-electron chi connectivity index (χ3n) is 6.53. The van der Waals surface area contributed by atoms with Gasteiger partial charge in [-0.3, -0.25) is 4.98 Å². The van der Waals surface area contributed by atoms with Crippen LogP contribution in [0, 0.1) is 12.8 Å². The molecular formula is C21H28N4S. The number of nitrogens with zero attached hydrogens (tertiary/aromatic N) is 3. The van der Waals surface area contributed by atoms with E-state index in [1.54, 1.807) is 4.88 Å². The lowest BCUT2D eigenvalue weighted by molar-refractivity contribution is 0.221. The van der Waals surface area contributed by atoms with E-state index < -0.39 is 0 Å². The number of aryl methyl sites for hydroxylation is 2. The fraction of sp³-hybridized carbons (Fsp3) is 0.619. The molecule has 1 aliphatic carbocycles. The summed E-state index contributed by atoms with van der Waals surface area (Å²) in [6.07, 6.45) is 10.0. The van der Waals surface area contributed by atoms with Gasteiger partial charge in [-0.1, -0.05) is 6.42 Å². The van der Waals surface area contributed by atoms with Crippen LogP contribution in [-0.4, -0.2) is 29.1 Å². The molecule has 1 saturated heterocycles. The largest absolute Gasteiger partial charge is 0.370 e. The molecular weight excluding hydrogens is 340 g/mol. The van der Waals surface area contributed by atoms with E-state index in [-0.39, 0.29) is 0 Å². The van der Waals surface area contributed by atoms with Gasteiger partial charge in [0.2, 0.25) is 0 Å². The molecule has 5 heteroatoms. The lowest BCUT2D eigenvalue weighted by atomic mass is 9.78. The van der Waals surface area contributed by atoms with Gasteiger partial charge in [-0.2, -0.15) is 0 Å². The molecule has 2 atom stereocenters. The van der Waals surface area contributed by atoms with Crippen LogP contribution in [0.15, 0.2) is 18.3 Å². The van der Waals surface area contributed by atoms with Gasteiger partial charge in [0.15, 0.2) is 0 Å². The van der Waals surface area contributed by atoms with Crippen LogP contribution >= 0.6 is 11.3 Å². The Hall–Kier alpha value is -1.46. The van der Waals surface area contributed by atoms with Gasteiger partial charge in [0.25, 0.3) is 0 Å². The Labute approximate surface area is 160 Å². The van der Waals surface area contributed by atoms with Gasteiger partial charge in [-0.05, 0) is 57.1 Å². The van der Waals surface area contributed by atoms with Crippen molar-refractivity contribution in [2.45, 2.75) is 64.0 Å². The topological polar surface area (TPSA) is 41.1 Å². The van der Waals surface area contributed by atoms with Crippen molar-refractivity contribution < 1.29 is 0 Å². The van der Waals surface area contributed by atoms with Crippen LogP contribution < -0.4 is 10.2 Å². The highest BCUT2D eigenvalue weighted by Gasteiger charge is 2.31. The molecule has 4 heterocycles. The van der Waals surface area contributed by atoms with Gasteiger partial charge >= 0.3 is 0 Å². The number of hydrogen-bond acceptors (Lipinski definition) is 5. The molecule has 138 valence electrons. The van der Waals surface area contributed by atoms with E-state index in [1.807, 2.05) is 24.5 Å². The average Bonchev–Trinajstić information content (AvgIpc) is 3.19. The average molecular weight is 369 g/mol. The van der Waals surface area contributed by atoms with Crippen LogP contribution in [0.4, 0.5) is 5.69 Å². The van der Waals surface area contributed by atoms with Crippen molar-refractivity contribution in [2.75, 3.05) is 18.0 Å². The van der Waals surface area contributed by atoms with Crippen LogP contribution in [0.5, 0.6) is 0 Å². The number of hydrogen-bond donors (Lipinski definition) is 1. The Morgan fingerprint density at radius 3 is 2.88 bits per heavy atom. The Morgan fingerprint density at radius 1 is 1.19 bits per heavy atom. The smallest absolute Gasteiger partial charge is 0.0980 e. The maximum absolute atomic E-state index is 5.09. The predicted octanol–water partition coefficient (Wildman–Crippen LogP) is 4.04. The molecule has 1 N–H and O–H groups in total. The van der Waals surface area contributed by atoms with Crippen molar-refractivity contribution in [2.24, 2.45) is 5.92 Å². The van der Waals surface area contributed by atoms with E-state index in [9.17, 15) is 0 Å². The summed E-state index contributed by atoms with van der Waals surface area (Å²) in [5.74, 6) is 1.51. The molecule has 2 fully saturated rings. The molecule has 3 aliphatic rings. The minimum Gasteiger partial charge on any atom is -0.370 e. The van der Waals surface area contributed by atoms with Crippen molar-refractivity contribution >= 4 is 17.0 Å². The Morgan fingerprint density at radius 2 is 2.12 bits per heavy atom. The summed E-state index contributed by atoms with van der Waals surface area (Å²) in [5.41, 5.74) is 3.67. The van der Waals surface area contributed by atoms with Crippen LogP contribution in [0.1, 0.15) is 59.3 Å². The molecule has 4 nitrogen and oxygen atoms in total. The maximum Gasteiger partial charge on any atom is 0.0980 e. The zero-order chi connectivity index (χ0) is 17.5. The lowest BCUT2D eigenvalue weighted by Crippen LogP contribution is -2.38. The maximum atomic E-state index is 5.09. The highest BCUT2D eigenvalue weighted by atomic mass is 32.1. The van der Waals surface area contributed by atoms with Crippen LogP contribution in [0.3, 0.4) is 0 Å². The number of anilines is 1. The van der Waals surface area contributed by atoms with Gasteiger partial charge in [0, 0.05) is 42.2 Å². The summed E-state index contributed by atoms with van der Waals surface area (Å²) in [6.45, 7) is 5.21. The second-order valence-electron chi connectivity index (χ2n) is 8.23. The molecule has 2 aromatic heterocycles. The molecule has 0 aromatic carbocycles. The summed E-state index contributed by atoms with van der Waals surface area (Å²) in [7, 11) is 0. The third kappa shape index (κ3) is 3.16. The summed E-state index contributed by atoms with van der Waals surface area (Å²) in [6, 6.07) is 5.04. The van der Waals surface area contributed by atoms with E-state index in [2.05, 4.69) is 27.3 Å². The number of fused-ring (bicyclic) bond motifs is 1. The van der Waals surface area contributed by atoms with Crippen molar-refractivity contribution in [3.63, 3.8) is 0 Å². The molecule has 0 radical (unpaired) electrons. The Balaban J connectivity index is 1.25. The summed E-state index contributed by atoms with van der Waals surface area (Å²) in [4.78, 5) is 13.6. The Kier molecular flexibility index (Phi) is 4.45. The van der Waals surface area contributed by atoms with Crippen LogP contribution in [-0.2, 0) is 13.0 Å². The minimum absolute atomic E-state index is 0.579. The molecule has 2 unspecified atom stereocenters. The molecule has 26 heavy (non-hydrogen) atoms. The van der Waals surface area contributed by atoms with Crippen molar-refractivity contribution in [1.29, 1.82) is 0 Å². The summed E-state index contributed by atoms with van der Waals surface area (Å²) in [5, 5.41) is 5.17. The first kappa shape index (κ1) is 16.7. The molecule has 5 rings (SSSR count). The number of rotatable bonds is 3. The molecule has 0 spiro atoms. The van der Waals surface area contributed by atoms with Crippen LogP contribution in [0.25, 0.3) is 0 Å². The second-order valence-corrected chi connectivity index (χ2v) is 9.34. The lowest BCUT2D eigenvalue weighted by Gasteiger charge is -2.33. The van der Waals surface area contributed by atoms with Gasteiger partial charge in [0.1, 0.15) is 0 Å². The first-order valence-corrected chi connectivity index (χ1v) is 11.0. The monoisotopic (exact) mass is 368 g/mol. The molecule has 2 aromatic rings. The molecule has 0 amide bonds. The van der Waals surface area contributed by atoms with Gasteiger partial charge in [-0.15, -0.1) is 11.3 Å². The highest BCUT2D eigenvalue weighted by molar-refractivity contribution is 7.11. The van der Waals surface area contributed by atoms with Crippen molar-refractivity contribution in [3.05, 3.63) is 39.6 Å². The first-order valence-electron chi connectivity index (χ1n) is 10.2. The van der Waals surface area contributed by atoms with E-state index in [1.165, 1.54) is 54.9 Å². The molecule has 1 saturated carbocycles.